The fourth-order valence-corrected chi connectivity index (χ4v) is 1.30. The standard InChI is InChI=1S/C9H17NS/c1-5-6-7-9(11-4)8-10(2)3/h5-7H,8H2,1-4H3/b6-5+,9-7-. The average Bonchev–Trinajstić information content (AvgIpc) is 1.97. The smallest absolute Gasteiger partial charge is 0.0287 e. The highest BCUT2D eigenvalue weighted by Gasteiger charge is 1.94. The van der Waals surface area contributed by atoms with Crippen molar-refractivity contribution < 1.29 is 0 Å². The third-order valence-corrected chi connectivity index (χ3v) is 2.00. The molecule has 11 heavy (non-hydrogen) atoms. The van der Waals surface area contributed by atoms with Gasteiger partial charge >= 0.3 is 0 Å². The number of allylic oxidation sites excluding steroid dienone is 3. The summed E-state index contributed by atoms with van der Waals surface area (Å²) in [6.45, 7) is 3.07. The van der Waals surface area contributed by atoms with Crippen molar-refractivity contribution in [1.29, 1.82) is 0 Å². The summed E-state index contributed by atoms with van der Waals surface area (Å²) in [7, 11) is 4.17. The Morgan fingerprint density at radius 2 is 2.09 bits per heavy atom. The Labute approximate surface area is 74.2 Å². The zero-order chi connectivity index (χ0) is 8.69. The molecule has 0 aromatic heterocycles. The molecular formula is C9H17NS. The van der Waals surface area contributed by atoms with Crippen LogP contribution in [0, 0.1) is 0 Å². The molecule has 0 aliphatic rings. The molecule has 0 aromatic rings. The average molecular weight is 171 g/mol. The second kappa shape index (κ2) is 6.50. The van der Waals surface area contributed by atoms with Crippen molar-refractivity contribution >= 4 is 11.8 Å². The minimum Gasteiger partial charge on any atom is -0.305 e. The Morgan fingerprint density at radius 1 is 1.45 bits per heavy atom. The van der Waals surface area contributed by atoms with Crippen LogP contribution in [0.15, 0.2) is 23.1 Å². The molecule has 0 fully saturated rings. The number of hydrogen-bond donors (Lipinski definition) is 0. The van der Waals surface area contributed by atoms with Gasteiger partial charge in [0.1, 0.15) is 0 Å². The van der Waals surface area contributed by atoms with E-state index in [4.69, 9.17) is 0 Å². The largest absolute Gasteiger partial charge is 0.305 e. The summed E-state index contributed by atoms with van der Waals surface area (Å²) >= 11 is 1.81. The second-order valence-corrected chi connectivity index (χ2v) is 3.53. The first-order chi connectivity index (χ1) is 5.20. The molecule has 0 saturated carbocycles. The minimum absolute atomic E-state index is 1.03. The van der Waals surface area contributed by atoms with Gasteiger partial charge < -0.3 is 4.90 Å². The number of thioether (sulfide) groups is 1. The molecule has 0 aliphatic heterocycles. The highest BCUT2D eigenvalue weighted by atomic mass is 32.2. The highest BCUT2D eigenvalue weighted by Crippen LogP contribution is 2.11. The van der Waals surface area contributed by atoms with E-state index in [1.807, 2.05) is 13.0 Å². The lowest BCUT2D eigenvalue weighted by atomic mass is 10.4. The van der Waals surface area contributed by atoms with E-state index in [1.54, 1.807) is 11.8 Å². The first-order valence-electron chi connectivity index (χ1n) is 3.71. The Bertz CT molecular complexity index is 148. The van der Waals surface area contributed by atoms with Crippen LogP contribution in [0.3, 0.4) is 0 Å². The summed E-state index contributed by atoms with van der Waals surface area (Å²) in [5.74, 6) is 0. The van der Waals surface area contributed by atoms with Crippen LogP contribution < -0.4 is 0 Å². The maximum absolute atomic E-state index is 2.17. The highest BCUT2D eigenvalue weighted by molar-refractivity contribution is 8.02. The van der Waals surface area contributed by atoms with Crippen LogP contribution >= 0.6 is 11.8 Å². The third kappa shape index (κ3) is 6.20. The molecule has 0 bridgehead atoms. The maximum Gasteiger partial charge on any atom is 0.0287 e. The summed E-state index contributed by atoms with van der Waals surface area (Å²) in [6.07, 6.45) is 8.39. The number of rotatable bonds is 4. The summed E-state index contributed by atoms with van der Waals surface area (Å²) in [4.78, 5) is 3.57. The number of hydrogen-bond acceptors (Lipinski definition) is 2. The van der Waals surface area contributed by atoms with E-state index in [-0.39, 0.29) is 0 Å². The second-order valence-electron chi connectivity index (χ2n) is 2.60. The summed E-state index contributed by atoms with van der Waals surface area (Å²) in [5.41, 5.74) is 0. The lowest BCUT2D eigenvalue weighted by Gasteiger charge is -2.10. The van der Waals surface area contributed by atoms with Gasteiger partial charge in [-0.1, -0.05) is 18.2 Å². The van der Waals surface area contributed by atoms with Gasteiger partial charge in [-0.05, 0) is 32.2 Å². The van der Waals surface area contributed by atoms with Gasteiger partial charge in [0, 0.05) is 6.54 Å². The van der Waals surface area contributed by atoms with Crippen molar-refractivity contribution in [2.24, 2.45) is 0 Å². The molecule has 64 valence electrons. The zero-order valence-corrected chi connectivity index (χ0v) is 8.61. The molecular weight excluding hydrogens is 154 g/mol. The van der Waals surface area contributed by atoms with Crippen molar-refractivity contribution in [3.05, 3.63) is 23.1 Å². The van der Waals surface area contributed by atoms with Crippen LogP contribution in [0.4, 0.5) is 0 Å². The molecule has 0 heterocycles. The van der Waals surface area contributed by atoms with Gasteiger partial charge in [-0.25, -0.2) is 0 Å². The fourth-order valence-electron chi connectivity index (χ4n) is 0.701. The fraction of sp³-hybridized carbons (Fsp3) is 0.556. The molecule has 1 nitrogen and oxygen atoms in total. The van der Waals surface area contributed by atoms with E-state index < -0.39 is 0 Å². The van der Waals surface area contributed by atoms with E-state index in [0.717, 1.165) is 6.54 Å². The molecule has 0 radical (unpaired) electrons. The maximum atomic E-state index is 2.17. The van der Waals surface area contributed by atoms with E-state index in [2.05, 4.69) is 37.4 Å². The molecule has 0 spiro atoms. The lowest BCUT2D eigenvalue weighted by molar-refractivity contribution is 0.453. The molecule has 0 aliphatic carbocycles. The van der Waals surface area contributed by atoms with Crippen molar-refractivity contribution in [1.82, 2.24) is 4.90 Å². The molecule has 0 rings (SSSR count). The van der Waals surface area contributed by atoms with Gasteiger partial charge in [0.15, 0.2) is 0 Å². The SMILES string of the molecule is C/C=C/C=C(/CN(C)C)SC. The summed E-state index contributed by atoms with van der Waals surface area (Å²) in [5, 5.41) is 0. The van der Waals surface area contributed by atoms with Gasteiger partial charge in [-0.2, -0.15) is 0 Å². The normalized spacial score (nSPS) is 13.4. The zero-order valence-electron chi connectivity index (χ0n) is 7.79. The van der Waals surface area contributed by atoms with E-state index in [0.29, 0.717) is 0 Å². The molecule has 2 heteroatoms. The number of nitrogens with zero attached hydrogens (tertiary/aromatic N) is 1. The number of likely N-dealkylation sites (N-methyl/N-ethyl adjacent to an activating group) is 1. The predicted molar refractivity (Wildman–Crippen MR) is 55.0 cm³/mol. The molecule has 0 amide bonds. The summed E-state index contributed by atoms with van der Waals surface area (Å²) < 4.78 is 0. The van der Waals surface area contributed by atoms with Crippen LogP contribution in [0.25, 0.3) is 0 Å². The topological polar surface area (TPSA) is 3.24 Å². The Hall–Kier alpha value is -0.210. The monoisotopic (exact) mass is 171 g/mol. The van der Waals surface area contributed by atoms with Gasteiger partial charge in [0.25, 0.3) is 0 Å². The molecule has 0 atom stereocenters. The Balaban J connectivity index is 3.94. The molecule has 0 aromatic carbocycles. The molecule has 0 saturated heterocycles. The van der Waals surface area contributed by atoms with Gasteiger partial charge in [-0.3, -0.25) is 0 Å². The summed E-state index contributed by atoms with van der Waals surface area (Å²) in [6, 6.07) is 0. The van der Waals surface area contributed by atoms with Gasteiger partial charge in [-0.15, -0.1) is 11.8 Å². The van der Waals surface area contributed by atoms with Crippen LogP contribution in [0.5, 0.6) is 0 Å². The third-order valence-electron chi connectivity index (χ3n) is 1.21. The van der Waals surface area contributed by atoms with Crippen molar-refractivity contribution in [3.8, 4) is 0 Å². The van der Waals surface area contributed by atoms with Crippen LogP contribution in [0.2, 0.25) is 0 Å². The molecule has 0 N–H and O–H groups in total. The van der Waals surface area contributed by atoms with Crippen LogP contribution in [0.1, 0.15) is 6.92 Å². The first-order valence-corrected chi connectivity index (χ1v) is 4.93. The van der Waals surface area contributed by atoms with Crippen LogP contribution in [-0.2, 0) is 0 Å². The van der Waals surface area contributed by atoms with Crippen LogP contribution in [-0.4, -0.2) is 31.8 Å². The molecule has 0 unspecified atom stereocenters. The van der Waals surface area contributed by atoms with Crippen molar-refractivity contribution in [3.63, 3.8) is 0 Å². The van der Waals surface area contributed by atoms with Gasteiger partial charge in [0.2, 0.25) is 0 Å². The van der Waals surface area contributed by atoms with Crippen molar-refractivity contribution in [2.45, 2.75) is 6.92 Å². The van der Waals surface area contributed by atoms with E-state index in [9.17, 15) is 0 Å². The van der Waals surface area contributed by atoms with Crippen molar-refractivity contribution in [2.75, 3.05) is 26.9 Å². The van der Waals surface area contributed by atoms with E-state index in [1.165, 1.54) is 4.91 Å². The first kappa shape index (κ1) is 10.8. The van der Waals surface area contributed by atoms with E-state index >= 15 is 0 Å². The Kier molecular flexibility index (Phi) is 6.37. The van der Waals surface area contributed by atoms with Gasteiger partial charge in [0.05, 0.1) is 0 Å². The quantitative estimate of drug-likeness (QED) is 0.597. The minimum atomic E-state index is 1.03. The Morgan fingerprint density at radius 3 is 2.45 bits per heavy atom. The lowest BCUT2D eigenvalue weighted by Crippen LogP contribution is -2.13. The predicted octanol–water partition coefficient (Wildman–Crippen LogP) is 2.37.